The average Bonchev–Trinajstić information content (AvgIpc) is 2.68. The summed E-state index contributed by atoms with van der Waals surface area (Å²) >= 11 is 0. The van der Waals surface area contributed by atoms with Crippen LogP contribution in [-0.2, 0) is 22.4 Å². The Morgan fingerprint density at radius 2 is 2.05 bits per heavy atom. The molecule has 1 aromatic rings. The van der Waals surface area contributed by atoms with Gasteiger partial charge in [-0.1, -0.05) is 6.07 Å². The maximum atomic E-state index is 11.8. The van der Waals surface area contributed by atoms with E-state index < -0.39 is 18.1 Å². The Labute approximate surface area is 116 Å². The van der Waals surface area contributed by atoms with Gasteiger partial charge in [-0.05, 0) is 49.2 Å². The number of nitrogens with one attached hydrogen (secondary N) is 1. The Bertz CT molecular complexity index is 559. The molecule has 6 nitrogen and oxygen atoms in total. The van der Waals surface area contributed by atoms with Crippen LogP contribution in [0.3, 0.4) is 0 Å². The van der Waals surface area contributed by atoms with Gasteiger partial charge in [-0.25, -0.2) is 4.79 Å². The predicted octanol–water partition coefficient (Wildman–Crippen LogP) is 0.185. The fourth-order valence-electron chi connectivity index (χ4n) is 2.65. The molecule has 0 aliphatic carbocycles. The minimum absolute atomic E-state index is 0.186. The number of ether oxygens (including phenoxy) is 1. The molecule has 2 aliphatic rings. The molecular formula is C14H17N3O3. The molecule has 1 atom stereocenters. The molecule has 2 amide bonds. The van der Waals surface area contributed by atoms with Crippen LogP contribution >= 0.6 is 0 Å². The molecule has 0 unspecified atom stereocenters. The van der Waals surface area contributed by atoms with Crippen LogP contribution in [0.4, 0.5) is 10.5 Å². The van der Waals surface area contributed by atoms with Gasteiger partial charge in [-0.3, -0.25) is 9.69 Å². The Morgan fingerprint density at radius 3 is 2.75 bits per heavy atom. The summed E-state index contributed by atoms with van der Waals surface area (Å²) in [6.45, 7) is 2.10. The van der Waals surface area contributed by atoms with Crippen molar-refractivity contribution < 1.29 is 14.3 Å². The second-order valence-electron chi connectivity index (χ2n) is 5.09. The highest BCUT2D eigenvalue weighted by molar-refractivity contribution is 5.95. The maximum absolute atomic E-state index is 11.8. The topological polar surface area (TPSA) is 84.7 Å². The number of primary amides is 1. The van der Waals surface area contributed by atoms with Gasteiger partial charge in [0.15, 0.2) is 6.10 Å². The summed E-state index contributed by atoms with van der Waals surface area (Å²) in [6, 6.07) is 5.95. The predicted molar refractivity (Wildman–Crippen MR) is 73.5 cm³/mol. The largest absolute Gasteiger partial charge is 0.434 e. The first-order valence-electron chi connectivity index (χ1n) is 6.75. The quantitative estimate of drug-likeness (QED) is 0.806. The minimum Gasteiger partial charge on any atom is -0.434 e. The van der Waals surface area contributed by atoms with Crippen LogP contribution in [0.25, 0.3) is 0 Å². The Hall–Kier alpha value is -2.08. The highest BCUT2D eigenvalue weighted by Crippen LogP contribution is 2.25. The molecule has 20 heavy (non-hydrogen) atoms. The molecule has 106 valence electrons. The Balaban J connectivity index is 1.86. The van der Waals surface area contributed by atoms with Crippen LogP contribution in [0.2, 0.25) is 0 Å². The number of anilines is 1. The van der Waals surface area contributed by atoms with Crippen molar-refractivity contribution in [3.05, 3.63) is 29.3 Å². The van der Waals surface area contributed by atoms with Crippen molar-refractivity contribution in [2.45, 2.75) is 18.9 Å². The van der Waals surface area contributed by atoms with E-state index in [1.165, 1.54) is 16.0 Å². The second-order valence-corrected chi connectivity index (χ2v) is 5.09. The molecular weight excluding hydrogens is 258 g/mol. The summed E-state index contributed by atoms with van der Waals surface area (Å²) in [6.07, 6.45) is 0.554. The summed E-state index contributed by atoms with van der Waals surface area (Å²) in [7, 11) is 0. The van der Waals surface area contributed by atoms with Crippen LogP contribution in [0, 0.1) is 0 Å². The van der Waals surface area contributed by atoms with Crippen LogP contribution in [0.5, 0.6) is 0 Å². The number of benzene rings is 1. The third-order valence-electron chi connectivity index (χ3n) is 3.77. The molecule has 1 saturated heterocycles. The lowest BCUT2D eigenvalue weighted by Gasteiger charge is -2.15. The second kappa shape index (κ2) is 5.13. The fourth-order valence-corrected chi connectivity index (χ4v) is 2.65. The standard InChI is InChI=1S/C14H17N3O3/c15-13(18)12-8-17(14(19)20-12)11-2-1-9-3-5-16-6-4-10(9)7-11/h1-2,7,12,16H,3-6,8H2,(H2,15,18)/t12-/m1/s1. The molecule has 2 heterocycles. The summed E-state index contributed by atoms with van der Waals surface area (Å²) in [5.74, 6) is -0.611. The van der Waals surface area contributed by atoms with E-state index in [1.807, 2.05) is 18.2 Å². The van der Waals surface area contributed by atoms with Crippen molar-refractivity contribution in [3.8, 4) is 0 Å². The number of carbonyl (C=O) groups excluding carboxylic acids is 2. The van der Waals surface area contributed by atoms with Gasteiger partial charge in [0.05, 0.1) is 6.54 Å². The smallest absolute Gasteiger partial charge is 0.415 e. The SMILES string of the molecule is NC(=O)[C@H]1CN(c2ccc3c(c2)CCNCC3)C(=O)O1. The molecule has 0 saturated carbocycles. The zero-order valence-electron chi connectivity index (χ0n) is 11.1. The van der Waals surface area contributed by atoms with E-state index >= 15 is 0 Å². The van der Waals surface area contributed by atoms with Crippen LogP contribution in [0.1, 0.15) is 11.1 Å². The number of hydrogen-bond acceptors (Lipinski definition) is 4. The Kier molecular flexibility index (Phi) is 3.31. The van der Waals surface area contributed by atoms with E-state index in [0.29, 0.717) is 0 Å². The monoisotopic (exact) mass is 275 g/mol. The van der Waals surface area contributed by atoms with E-state index in [1.54, 1.807) is 0 Å². The van der Waals surface area contributed by atoms with E-state index in [-0.39, 0.29) is 6.54 Å². The van der Waals surface area contributed by atoms with Crippen molar-refractivity contribution in [3.63, 3.8) is 0 Å². The van der Waals surface area contributed by atoms with Crippen LogP contribution in [-0.4, -0.2) is 37.7 Å². The van der Waals surface area contributed by atoms with Crippen molar-refractivity contribution in [1.82, 2.24) is 5.32 Å². The third kappa shape index (κ3) is 2.34. The van der Waals surface area contributed by atoms with Gasteiger partial charge in [-0.2, -0.15) is 0 Å². The summed E-state index contributed by atoms with van der Waals surface area (Å²) in [5.41, 5.74) is 8.49. The summed E-state index contributed by atoms with van der Waals surface area (Å²) < 4.78 is 4.96. The summed E-state index contributed by atoms with van der Waals surface area (Å²) in [4.78, 5) is 24.4. The molecule has 6 heteroatoms. The number of carbonyl (C=O) groups is 2. The van der Waals surface area contributed by atoms with Gasteiger partial charge in [0.2, 0.25) is 0 Å². The highest BCUT2D eigenvalue weighted by atomic mass is 16.6. The van der Waals surface area contributed by atoms with Crippen molar-refractivity contribution >= 4 is 17.7 Å². The number of nitrogens with zero attached hydrogens (tertiary/aromatic N) is 1. The molecule has 3 rings (SSSR count). The number of hydrogen-bond donors (Lipinski definition) is 2. The molecule has 3 N–H and O–H groups in total. The third-order valence-corrected chi connectivity index (χ3v) is 3.77. The molecule has 0 radical (unpaired) electrons. The number of rotatable bonds is 2. The maximum Gasteiger partial charge on any atom is 0.415 e. The normalized spacial score (nSPS) is 22.1. The van der Waals surface area contributed by atoms with E-state index in [4.69, 9.17) is 10.5 Å². The van der Waals surface area contributed by atoms with Gasteiger partial charge >= 0.3 is 6.09 Å². The van der Waals surface area contributed by atoms with Crippen LogP contribution < -0.4 is 16.0 Å². The lowest BCUT2D eigenvalue weighted by atomic mass is 10.0. The lowest BCUT2D eigenvalue weighted by molar-refractivity contribution is -0.124. The van der Waals surface area contributed by atoms with Crippen molar-refractivity contribution in [1.29, 1.82) is 0 Å². The number of fused-ring (bicyclic) bond motifs is 1. The van der Waals surface area contributed by atoms with Gasteiger partial charge < -0.3 is 15.8 Å². The number of amides is 2. The van der Waals surface area contributed by atoms with Crippen molar-refractivity contribution in [2.24, 2.45) is 5.73 Å². The number of cyclic esters (lactones) is 1. The zero-order valence-corrected chi connectivity index (χ0v) is 11.1. The Morgan fingerprint density at radius 1 is 1.30 bits per heavy atom. The molecule has 1 aromatic carbocycles. The fraction of sp³-hybridized carbons (Fsp3) is 0.429. The van der Waals surface area contributed by atoms with Gasteiger partial charge in [0.1, 0.15) is 0 Å². The molecule has 2 aliphatic heterocycles. The average molecular weight is 275 g/mol. The number of nitrogens with two attached hydrogens (primary N) is 1. The molecule has 0 spiro atoms. The first-order chi connectivity index (χ1) is 9.65. The van der Waals surface area contributed by atoms with Crippen LogP contribution in [0.15, 0.2) is 18.2 Å². The molecule has 0 aromatic heterocycles. The van der Waals surface area contributed by atoms with Gasteiger partial charge in [0, 0.05) is 5.69 Å². The highest BCUT2D eigenvalue weighted by Gasteiger charge is 2.35. The first kappa shape index (κ1) is 12.9. The van der Waals surface area contributed by atoms with Crippen molar-refractivity contribution in [2.75, 3.05) is 24.5 Å². The van der Waals surface area contributed by atoms with E-state index in [9.17, 15) is 9.59 Å². The van der Waals surface area contributed by atoms with Gasteiger partial charge in [-0.15, -0.1) is 0 Å². The first-order valence-corrected chi connectivity index (χ1v) is 6.75. The zero-order chi connectivity index (χ0) is 14.1. The minimum atomic E-state index is -0.858. The molecule has 1 fully saturated rings. The molecule has 0 bridgehead atoms. The van der Waals surface area contributed by atoms with Gasteiger partial charge in [0.25, 0.3) is 5.91 Å². The van der Waals surface area contributed by atoms with E-state index in [2.05, 4.69) is 5.32 Å². The lowest BCUT2D eigenvalue weighted by Crippen LogP contribution is -2.32. The summed E-state index contributed by atoms with van der Waals surface area (Å²) in [5, 5.41) is 3.35. The van der Waals surface area contributed by atoms with E-state index in [0.717, 1.165) is 31.6 Å².